The second-order valence-electron chi connectivity index (χ2n) is 20.4. The van der Waals surface area contributed by atoms with Crippen LogP contribution >= 0.6 is 0 Å². The quantitative estimate of drug-likeness (QED) is 0.205. The Hall–Kier alpha value is -0.870. The third kappa shape index (κ3) is 37.4. The summed E-state index contributed by atoms with van der Waals surface area (Å²) in [4.78, 5) is 12.5. The summed E-state index contributed by atoms with van der Waals surface area (Å²) >= 11 is 0. The molecule has 62 heavy (non-hydrogen) atoms. The summed E-state index contributed by atoms with van der Waals surface area (Å²) in [6, 6.07) is 0. The van der Waals surface area contributed by atoms with Gasteiger partial charge in [0.05, 0.1) is 19.8 Å². The zero-order valence-corrected chi connectivity index (χ0v) is 42.2. The average Bonchev–Trinajstić information content (AvgIpc) is 3.75. The van der Waals surface area contributed by atoms with Crippen molar-refractivity contribution in [3.63, 3.8) is 0 Å². The smallest absolute Gasteiger partial charge is 0.330 e. The number of rotatable bonds is 2. The van der Waals surface area contributed by atoms with Crippen molar-refractivity contribution in [1.29, 1.82) is 0 Å². The topological polar surface area (TPSA) is 44.8 Å². The molecular weight excluding hydrogens is 761 g/mol. The molecule has 0 N–H and O–H groups in total. The van der Waals surface area contributed by atoms with Crippen LogP contribution in [0.15, 0.2) is 11.6 Å². The van der Waals surface area contributed by atoms with Crippen molar-refractivity contribution in [2.24, 2.45) is 0 Å². The molecule has 0 aromatic rings. The predicted molar refractivity (Wildman–Crippen MR) is 270 cm³/mol. The largest absolute Gasteiger partial charge is 0.463 e. The van der Waals surface area contributed by atoms with Gasteiger partial charge in [-0.1, -0.05) is 288 Å². The molecule has 0 amide bonds. The molecular formula is C58H110O4. The van der Waals surface area contributed by atoms with Gasteiger partial charge in [-0.15, -0.1) is 0 Å². The highest BCUT2D eigenvalue weighted by Crippen LogP contribution is 2.33. The highest BCUT2D eigenvalue weighted by Gasteiger charge is 2.35. The monoisotopic (exact) mass is 871 g/mol. The first-order valence-electron chi connectivity index (χ1n) is 28.9. The highest BCUT2D eigenvalue weighted by atomic mass is 16.7. The van der Waals surface area contributed by atoms with Crippen LogP contribution in [-0.4, -0.2) is 31.6 Å². The molecule has 2 aliphatic rings. The Bertz CT molecular complexity index is 953. The summed E-state index contributed by atoms with van der Waals surface area (Å²) < 4.78 is 17.9. The summed E-state index contributed by atoms with van der Waals surface area (Å²) in [5.74, 6) is -0.653. The van der Waals surface area contributed by atoms with Gasteiger partial charge in [0.2, 0.25) is 0 Å². The van der Waals surface area contributed by atoms with E-state index >= 15 is 0 Å². The minimum atomic E-state index is -0.463. The van der Waals surface area contributed by atoms with E-state index in [2.05, 4.69) is 0 Å². The average molecular weight is 872 g/mol. The summed E-state index contributed by atoms with van der Waals surface area (Å²) in [5, 5.41) is 0. The second-order valence-corrected chi connectivity index (χ2v) is 20.4. The maximum absolute atomic E-state index is 12.5. The zero-order valence-electron chi connectivity index (χ0n) is 42.2. The molecule has 1 spiro atoms. The van der Waals surface area contributed by atoms with Gasteiger partial charge in [0.15, 0.2) is 5.79 Å². The minimum Gasteiger partial charge on any atom is -0.463 e. The van der Waals surface area contributed by atoms with Crippen LogP contribution in [0.2, 0.25) is 0 Å². The Morgan fingerprint density at radius 3 is 0.871 bits per heavy atom. The Morgan fingerprint density at radius 2 is 0.613 bits per heavy atom. The third-order valence-electron chi connectivity index (χ3n) is 14.6. The highest BCUT2D eigenvalue weighted by molar-refractivity contribution is 5.82. The summed E-state index contributed by atoms with van der Waals surface area (Å²) in [7, 11) is 0. The molecule has 0 bridgehead atoms. The van der Waals surface area contributed by atoms with Crippen molar-refractivity contribution in [2.45, 2.75) is 334 Å². The molecule has 0 atom stereocenters. The van der Waals surface area contributed by atoms with Crippen LogP contribution in [-0.2, 0) is 19.0 Å². The maximum atomic E-state index is 12.5. The van der Waals surface area contributed by atoms with Crippen molar-refractivity contribution in [3.8, 4) is 0 Å². The van der Waals surface area contributed by atoms with Crippen LogP contribution in [0.25, 0.3) is 0 Å². The van der Waals surface area contributed by atoms with E-state index in [1.165, 1.54) is 288 Å². The van der Waals surface area contributed by atoms with E-state index in [4.69, 9.17) is 14.2 Å². The van der Waals surface area contributed by atoms with E-state index in [0.717, 1.165) is 38.5 Å². The summed E-state index contributed by atoms with van der Waals surface area (Å²) in [6.45, 7) is 3.70. The van der Waals surface area contributed by atoms with E-state index < -0.39 is 5.79 Å². The third-order valence-corrected chi connectivity index (χ3v) is 14.6. The first-order chi connectivity index (χ1) is 30.7. The normalized spacial score (nSPS) is 24.6. The van der Waals surface area contributed by atoms with Gasteiger partial charge in [-0.2, -0.15) is 0 Å². The predicted octanol–water partition coefficient (Wildman–Crippen LogP) is 19.7. The van der Waals surface area contributed by atoms with Crippen molar-refractivity contribution < 1.29 is 19.0 Å². The summed E-state index contributed by atoms with van der Waals surface area (Å²) in [5.41, 5.74) is 1.21. The second kappa shape index (κ2) is 45.3. The molecule has 0 aromatic carbocycles. The first kappa shape index (κ1) is 57.3. The van der Waals surface area contributed by atoms with Crippen LogP contribution in [0, 0.1) is 0 Å². The van der Waals surface area contributed by atoms with Crippen LogP contribution in [0.4, 0.5) is 0 Å². The first-order valence-corrected chi connectivity index (χ1v) is 28.9. The number of carbonyl (C=O) groups is 1. The van der Waals surface area contributed by atoms with E-state index in [1.807, 2.05) is 6.92 Å². The number of esters is 1. The Labute approximate surface area is 388 Å². The number of allylic oxidation sites excluding steroid dienone is 1. The molecule has 0 radical (unpaired) electrons. The summed E-state index contributed by atoms with van der Waals surface area (Å²) in [6.07, 6.45) is 71.0. The number of ether oxygens (including phenoxy) is 3. The van der Waals surface area contributed by atoms with Crippen LogP contribution < -0.4 is 0 Å². The molecule has 4 nitrogen and oxygen atoms in total. The van der Waals surface area contributed by atoms with E-state index in [0.29, 0.717) is 19.8 Å². The standard InChI is InChI=1S/C58H110O4/c1-2-60-57(59)55-56-49-47-45-43-41-39-37-35-33-31-29-27-25-23-21-19-17-15-13-11-9-7-5-3-4-6-8-10-12-14-16-18-20-22-24-26-28-30-32-34-36-38-40-42-44-46-48-51-58(52-50-56)61-53-54-62-58/h55H,2-54H2,1H3. The molecule has 1 saturated carbocycles. The zero-order chi connectivity index (χ0) is 44.0. The van der Waals surface area contributed by atoms with Gasteiger partial charge in [-0.3, -0.25) is 0 Å². The minimum absolute atomic E-state index is 0.190. The lowest BCUT2D eigenvalue weighted by molar-refractivity contribution is -0.167. The van der Waals surface area contributed by atoms with Crippen LogP contribution in [0.1, 0.15) is 328 Å². The van der Waals surface area contributed by atoms with E-state index in [-0.39, 0.29) is 5.97 Å². The van der Waals surface area contributed by atoms with Gasteiger partial charge in [0.1, 0.15) is 0 Å². The van der Waals surface area contributed by atoms with Crippen molar-refractivity contribution in [3.05, 3.63) is 11.6 Å². The van der Waals surface area contributed by atoms with Gasteiger partial charge in [0.25, 0.3) is 0 Å². The van der Waals surface area contributed by atoms with E-state index in [9.17, 15) is 4.79 Å². The number of hydrogen-bond donors (Lipinski definition) is 0. The Balaban J connectivity index is 1.62. The molecule has 366 valence electrons. The van der Waals surface area contributed by atoms with Gasteiger partial charge in [-0.25, -0.2) is 4.79 Å². The molecule has 0 aromatic heterocycles. The molecule has 1 saturated heterocycles. The molecule has 0 unspecified atom stereocenters. The lowest BCUT2D eigenvalue weighted by Crippen LogP contribution is -2.30. The van der Waals surface area contributed by atoms with Crippen LogP contribution in [0.5, 0.6) is 0 Å². The van der Waals surface area contributed by atoms with Crippen molar-refractivity contribution >= 4 is 5.97 Å². The fraction of sp³-hybridized carbons (Fsp3) is 0.948. The molecule has 4 heteroatoms. The fourth-order valence-corrected chi connectivity index (χ4v) is 10.4. The van der Waals surface area contributed by atoms with E-state index in [1.54, 1.807) is 6.08 Å². The maximum Gasteiger partial charge on any atom is 0.330 e. The Morgan fingerprint density at radius 1 is 0.371 bits per heavy atom. The van der Waals surface area contributed by atoms with Gasteiger partial charge >= 0.3 is 5.97 Å². The number of hydrogen-bond acceptors (Lipinski definition) is 4. The van der Waals surface area contributed by atoms with Gasteiger partial charge < -0.3 is 14.2 Å². The van der Waals surface area contributed by atoms with Crippen LogP contribution in [0.3, 0.4) is 0 Å². The molecule has 2 fully saturated rings. The fourth-order valence-electron chi connectivity index (χ4n) is 10.4. The molecule has 1 aliphatic heterocycles. The van der Waals surface area contributed by atoms with Crippen molar-refractivity contribution in [1.82, 2.24) is 0 Å². The van der Waals surface area contributed by atoms with Gasteiger partial charge in [0, 0.05) is 18.9 Å². The van der Waals surface area contributed by atoms with Crippen molar-refractivity contribution in [2.75, 3.05) is 19.8 Å². The molecule has 1 aliphatic carbocycles. The lowest BCUT2D eigenvalue weighted by Gasteiger charge is -2.28. The number of carbonyl (C=O) groups excluding carboxylic acids is 1. The Kier molecular flexibility index (Phi) is 41.8. The molecule has 1 heterocycles. The molecule has 2 rings (SSSR count). The lowest BCUT2D eigenvalue weighted by atomic mass is 9.95. The van der Waals surface area contributed by atoms with Gasteiger partial charge in [-0.05, 0) is 32.6 Å². The SMILES string of the molecule is CCOC(=O)C=C1CCCCCCCCCCCCCCCCCCCCCCCCCCCCCCCCCCCCCCCCCCCCCCCCC2(CC1)OCCO2.